The lowest BCUT2D eigenvalue weighted by Gasteiger charge is -2.16. The van der Waals surface area contributed by atoms with Crippen molar-refractivity contribution in [2.24, 2.45) is 0 Å². The first-order valence-electron chi connectivity index (χ1n) is 9.87. The molecule has 2 heterocycles. The Balaban J connectivity index is 1.90. The minimum Gasteiger partial charge on any atom is -0.493 e. The molecule has 1 aromatic carbocycles. The van der Waals surface area contributed by atoms with Crippen molar-refractivity contribution in [1.82, 2.24) is 9.97 Å². The van der Waals surface area contributed by atoms with E-state index in [9.17, 15) is 5.26 Å². The predicted molar refractivity (Wildman–Crippen MR) is 118 cm³/mol. The molecule has 0 spiro atoms. The van der Waals surface area contributed by atoms with Crippen LogP contribution >= 0.6 is 11.3 Å². The van der Waals surface area contributed by atoms with Crippen LogP contribution in [0.3, 0.4) is 0 Å². The number of rotatable bonds is 6. The molecule has 0 aliphatic heterocycles. The number of benzene rings is 1. The first-order chi connectivity index (χ1) is 14.6. The molecule has 2 aromatic heterocycles. The largest absolute Gasteiger partial charge is 0.493 e. The first kappa shape index (κ1) is 20.2. The minimum absolute atomic E-state index is 0.390. The lowest BCUT2D eigenvalue weighted by molar-refractivity contribution is 0.324. The summed E-state index contributed by atoms with van der Waals surface area (Å²) in [4.78, 5) is 11.1. The zero-order valence-electron chi connectivity index (χ0n) is 17.5. The Morgan fingerprint density at radius 2 is 1.73 bits per heavy atom. The van der Waals surface area contributed by atoms with Crippen molar-refractivity contribution in [3.05, 3.63) is 22.6 Å². The summed E-state index contributed by atoms with van der Waals surface area (Å²) in [7, 11) is 4.74. The summed E-state index contributed by atoms with van der Waals surface area (Å²) >= 11 is 1.39. The van der Waals surface area contributed by atoms with Gasteiger partial charge in [-0.3, -0.25) is 0 Å². The Kier molecular flexibility index (Phi) is 5.64. The van der Waals surface area contributed by atoms with Crippen LogP contribution in [0.5, 0.6) is 17.2 Å². The number of anilines is 1. The van der Waals surface area contributed by atoms with Gasteiger partial charge in [0.05, 0.1) is 26.7 Å². The molecule has 0 bridgehead atoms. The van der Waals surface area contributed by atoms with Crippen LogP contribution in [0, 0.1) is 18.3 Å². The second kappa shape index (κ2) is 8.36. The van der Waals surface area contributed by atoms with Crippen molar-refractivity contribution in [2.75, 3.05) is 26.6 Å². The molecule has 1 aliphatic rings. The molecule has 1 saturated carbocycles. The van der Waals surface area contributed by atoms with Gasteiger partial charge in [0.25, 0.3) is 0 Å². The summed E-state index contributed by atoms with van der Waals surface area (Å²) in [5, 5.41) is 14.1. The van der Waals surface area contributed by atoms with E-state index in [0.717, 1.165) is 40.0 Å². The monoisotopic (exact) mass is 424 g/mol. The van der Waals surface area contributed by atoms with E-state index in [2.05, 4.69) is 11.4 Å². The van der Waals surface area contributed by atoms with E-state index < -0.39 is 0 Å². The number of aromatic nitrogens is 2. The van der Waals surface area contributed by atoms with Gasteiger partial charge in [-0.1, -0.05) is 12.8 Å². The smallest absolute Gasteiger partial charge is 0.203 e. The van der Waals surface area contributed by atoms with Gasteiger partial charge < -0.3 is 19.5 Å². The molecular weight excluding hydrogens is 400 g/mol. The number of aryl methyl sites for hydroxylation is 1. The van der Waals surface area contributed by atoms with Crippen LogP contribution in [0.25, 0.3) is 21.6 Å². The van der Waals surface area contributed by atoms with Crippen molar-refractivity contribution in [1.29, 1.82) is 5.26 Å². The highest BCUT2D eigenvalue weighted by Gasteiger charge is 2.22. The number of nitrogens with zero attached hydrogens (tertiary/aromatic N) is 3. The zero-order valence-corrected chi connectivity index (χ0v) is 18.4. The molecular formula is C22H24N4O3S. The van der Waals surface area contributed by atoms with Gasteiger partial charge in [-0.05, 0) is 37.5 Å². The maximum atomic E-state index is 9.52. The van der Waals surface area contributed by atoms with Crippen LogP contribution in [0.4, 0.5) is 5.82 Å². The number of methoxy groups -OCH3 is 3. The van der Waals surface area contributed by atoms with Crippen LogP contribution in [-0.4, -0.2) is 37.3 Å². The van der Waals surface area contributed by atoms with Crippen molar-refractivity contribution >= 4 is 27.4 Å². The fourth-order valence-electron chi connectivity index (χ4n) is 3.95. The van der Waals surface area contributed by atoms with Crippen molar-refractivity contribution in [3.8, 4) is 34.7 Å². The van der Waals surface area contributed by atoms with Gasteiger partial charge in [0.15, 0.2) is 17.3 Å². The van der Waals surface area contributed by atoms with Crippen LogP contribution in [0.15, 0.2) is 12.1 Å². The number of ether oxygens (including phenoxy) is 3. The van der Waals surface area contributed by atoms with Gasteiger partial charge in [-0.15, -0.1) is 11.3 Å². The third-order valence-electron chi connectivity index (χ3n) is 5.51. The predicted octanol–water partition coefficient (Wildman–Crippen LogP) is 4.92. The van der Waals surface area contributed by atoms with E-state index >= 15 is 0 Å². The Hall–Kier alpha value is -3.05. The van der Waals surface area contributed by atoms with Gasteiger partial charge in [0, 0.05) is 11.6 Å². The summed E-state index contributed by atoms with van der Waals surface area (Å²) in [5.41, 5.74) is 1.68. The second-order valence-electron chi connectivity index (χ2n) is 7.28. The topological polar surface area (TPSA) is 89.3 Å². The first-order valence-corrected chi connectivity index (χ1v) is 10.7. The van der Waals surface area contributed by atoms with E-state index in [1.54, 1.807) is 21.3 Å². The van der Waals surface area contributed by atoms with Crippen molar-refractivity contribution in [3.63, 3.8) is 0 Å². The molecule has 7 nitrogen and oxygen atoms in total. The van der Waals surface area contributed by atoms with Crippen LogP contribution < -0.4 is 19.5 Å². The molecule has 156 valence electrons. The zero-order chi connectivity index (χ0) is 21.3. The summed E-state index contributed by atoms with van der Waals surface area (Å²) in [6.07, 6.45) is 4.69. The van der Waals surface area contributed by atoms with Gasteiger partial charge in [-0.25, -0.2) is 9.97 Å². The molecule has 0 atom stereocenters. The summed E-state index contributed by atoms with van der Waals surface area (Å²) in [6, 6.07) is 6.35. The quantitative estimate of drug-likeness (QED) is 0.601. The molecule has 0 saturated heterocycles. The Morgan fingerprint density at radius 1 is 1.07 bits per heavy atom. The molecule has 3 aromatic rings. The number of fused-ring (bicyclic) bond motifs is 1. The third kappa shape index (κ3) is 3.50. The highest BCUT2D eigenvalue weighted by molar-refractivity contribution is 7.19. The van der Waals surface area contributed by atoms with Gasteiger partial charge >= 0.3 is 0 Å². The van der Waals surface area contributed by atoms with Gasteiger partial charge in [0.1, 0.15) is 21.6 Å². The summed E-state index contributed by atoms with van der Waals surface area (Å²) in [6.45, 7) is 1.96. The highest BCUT2D eigenvalue weighted by Crippen LogP contribution is 2.42. The Bertz CT molecular complexity index is 1100. The molecule has 8 heteroatoms. The molecule has 0 unspecified atom stereocenters. The number of hydrogen-bond acceptors (Lipinski definition) is 8. The fourth-order valence-corrected chi connectivity index (χ4v) is 4.93. The number of nitriles is 1. The molecule has 1 N–H and O–H groups in total. The number of nitrogens with one attached hydrogen (secondary N) is 1. The maximum absolute atomic E-state index is 9.52. The van der Waals surface area contributed by atoms with Crippen molar-refractivity contribution in [2.45, 2.75) is 38.6 Å². The number of hydrogen-bond donors (Lipinski definition) is 1. The molecule has 30 heavy (non-hydrogen) atoms. The minimum atomic E-state index is 0.390. The molecule has 1 fully saturated rings. The van der Waals surface area contributed by atoms with Crippen LogP contribution in [0.1, 0.15) is 36.1 Å². The van der Waals surface area contributed by atoms with Gasteiger partial charge in [0.2, 0.25) is 5.75 Å². The summed E-state index contributed by atoms with van der Waals surface area (Å²) in [5.74, 6) is 2.94. The van der Waals surface area contributed by atoms with E-state index in [0.29, 0.717) is 34.0 Å². The molecule has 1 aliphatic carbocycles. The van der Waals surface area contributed by atoms with Crippen LogP contribution in [-0.2, 0) is 0 Å². The molecule has 4 rings (SSSR count). The van der Waals surface area contributed by atoms with E-state index in [1.165, 1.54) is 24.2 Å². The number of thiophene rings is 1. The maximum Gasteiger partial charge on any atom is 0.203 e. The average molecular weight is 425 g/mol. The highest BCUT2D eigenvalue weighted by atomic mass is 32.1. The molecule has 0 radical (unpaired) electrons. The lowest BCUT2D eigenvalue weighted by Crippen LogP contribution is -2.16. The Labute approximate surface area is 179 Å². The SMILES string of the molecule is COc1cc(-c2nc(NC3CCCC3)c3c(C)c(C#N)sc3n2)cc(OC)c1OC. The van der Waals surface area contributed by atoms with E-state index in [-0.39, 0.29) is 0 Å². The second-order valence-corrected chi connectivity index (χ2v) is 8.28. The standard InChI is InChI=1S/C22H24N4O3S/c1-12-17(11-23)30-22-18(12)21(24-14-7-5-6-8-14)25-20(26-22)13-9-15(27-2)19(29-4)16(10-13)28-3/h9-10,14H,5-8H2,1-4H3,(H,24,25,26). The normalized spacial score (nSPS) is 14.0. The van der Waals surface area contributed by atoms with E-state index in [4.69, 9.17) is 24.2 Å². The average Bonchev–Trinajstić information content (AvgIpc) is 3.39. The van der Waals surface area contributed by atoms with E-state index in [1.807, 2.05) is 19.1 Å². The fraction of sp³-hybridized carbons (Fsp3) is 0.409. The summed E-state index contributed by atoms with van der Waals surface area (Å²) < 4.78 is 16.4. The van der Waals surface area contributed by atoms with Crippen molar-refractivity contribution < 1.29 is 14.2 Å². The third-order valence-corrected chi connectivity index (χ3v) is 6.60. The van der Waals surface area contributed by atoms with Crippen LogP contribution in [0.2, 0.25) is 0 Å². The Morgan fingerprint density at radius 3 is 2.30 bits per heavy atom. The lowest BCUT2D eigenvalue weighted by atomic mass is 10.1. The molecule has 0 amide bonds. The van der Waals surface area contributed by atoms with Gasteiger partial charge in [-0.2, -0.15) is 5.26 Å².